The number of halogens is 1. The summed E-state index contributed by atoms with van der Waals surface area (Å²) in [6, 6.07) is 5.26. The highest BCUT2D eigenvalue weighted by Crippen LogP contribution is 2.17. The minimum Gasteiger partial charge on any atom is -0.478 e. The van der Waals surface area contributed by atoms with Gasteiger partial charge in [-0.1, -0.05) is 5.16 Å². The highest BCUT2D eigenvalue weighted by Gasteiger charge is 2.12. The van der Waals surface area contributed by atoms with Crippen LogP contribution in [0.4, 0.5) is 10.1 Å². The molecule has 21 heavy (non-hydrogen) atoms. The lowest BCUT2D eigenvalue weighted by atomic mass is 10.1. The first-order valence-corrected chi connectivity index (χ1v) is 5.91. The van der Waals surface area contributed by atoms with Crippen molar-refractivity contribution in [2.75, 3.05) is 5.32 Å². The van der Waals surface area contributed by atoms with Crippen LogP contribution in [0.25, 0.3) is 6.08 Å². The quantitative estimate of drug-likeness (QED) is 0.844. The maximum atomic E-state index is 13.5. The molecule has 1 heterocycles. The number of carboxylic acids is 1. The summed E-state index contributed by atoms with van der Waals surface area (Å²) >= 11 is 0. The zero-order chi connectivity index (χ0) is 15.4. The van der Waals surface area contributed by atoms with Gasteiger partial charge in [-0.15, -0.1) is 0 Å². The van der Waals surface area contributed by atoms with Crippen molar-refractivity contribution in [2.45, 2.75) is 6.92 Å². The zero-order valence-electron chi connectivity index (χ0n) is 11.0. The van der Waals surface area contributed by atoms with Crippen LogP contribution in [0.5, 0.6) is 0 Å². The Balaban J connectivity index is 2.19. The average molecular weight is 290 g/mol. The molecule has 6 nitrogen and oxygen atoms in total. The molecule has 0 radical (unpaired) electrons. The summed E-state index contributed by atoms with van der Waals surface area (Å²) in [5.41, 5.74) is 0.911. The largest absolute Gasteiger partial charge is 0.478 e. The van der Waals surface area contributed by atoms with E-state index in [1.807, 2.05) is 0 Å². The van der Waals surface area contributed by atoms with Gasteiger partial charge >= 0.3 is 5.97 Å². The van der Waals surface area contributed by atoms with Crippen molar-refractivity contribution in [1.82, 2.24) is 5.16 Å². The second kappa shape index (κ2) is 6.00. The van der Waals surface area contributed by atoms with Crippen molar-refractivity contribution in [3.05, 3.63) is 53.2 Å². The van der Waals surface area contributed by atoms with Crippen molar-refractivity contribution in [2.24, 2.45) is 0 Å². The molecular weight excluding hydrogens is 279 g/mol. The summed E-state index contributed by atoms with van der Waals surface area (Å²) in [6.45, 7) is 1.67. The van der Waals surface area contributed by atoms with Crippen LogP contribution in [0, 0.1) is 12.7 Å². The van der Waals surface area contributed by atoms with Gasteiger partial charge in [0.05, 0.1) is 5.69 Å². The van der Waals surface area contributed by atoms with Crippen LogP contribution in [0.2, 0.25) is 0 Å². The Kier molecular flexibility index (Phi) is 4.13. The highest BCUT2D eigenvalue weighted by atomic mass is 19.1. The van der Waals surface area contributed by atoms with E-state index >= 15 is 0 Å². The second-order valence-electron chi connectivity index (χ2n) is 4.19. The summed E-state index contributed by atoms with van der Waals surface area (Å²) in [5, 5.41) is 14.6. The Morgan fingerprint density at radius 1 is 1.38 bits per heavy atom. The Bertz CT molecular complexity index is 722. The Morgan fingerprint density at radius 3 is 2.76 bits per heavy atom. The summed E-state index contributed by atoms with van der Waals surface area (Å²) in [7, 11) is 0. The van der Waals surface area contributed by atoms with Gasteiger partial charge in [-0.05, 0) is 31.2 Å². The number of hydrogen-bond donors (Lipinski definition) is 2. The van der Waals surface area contributed by atoms with E-state index in [2.05, 4.69) is 10.5 Å². The van der Waals surface area contributed by atoms with E-state index in [0.29, 0.717) is 11.4 Å². The third-order valence-electron chi connectivity index (χ3n) is 2.51. The molecule has 2 N–H and O–H groups in total. The van der Waals surface area contributed by atoms with Crippen molar-refractivity contribution in [3.8, 4) is 0 Å². The van der Waals surface area contributed by atoms with E-state index in [9.17, 15) is 14.0 Å². The van der Waals surface area contributed by atoms with E-state index < -0.39 is 17.7 Å². The highest BCUT2D eigenvalue weighted by molar-refractivity contribution is 6.02. The molecule has 2 rings (SSSR count). The van der Waals surface area contributed by atoms with Crippen LogP contribution in [0.3, 0.4) is 0 Å². The lowest BCUT2D eigenvalue weighted by Crippen LogP contribution is -2.11. The van der Waals surface area contributed by atoms with Crippen LogP contribution in [-0.4, -0.2) is 22.1 Å². The van der Waals surface area contributed by atoms with E-state index in [0.717, 1.165) is 18.2 Å². The van der Waals surface area contributed by atoms with E-state index in [1.54, 1.807) is 6.92 Å². The monoisotopic (exact) mass is 290 g/mol. The molecular formula is C14H11FN2O4. The van der Waals surface area contributed by atoms with Crippen LogP contribution in [0.1, 0.15) is 21.8 Å². The first-order chi connectivity index (χ1) is 9.95. The number of nitrogens with zero attached hydrogens (tertiary/aromatic N) is 1. The van der Waals surface area contributed by atoms with E-state index in [4.69, 9.17) is 9.63 Å². The summed E-state index contributed by atoms with van der Waals surface area (Å²) < 4.78 is 18.3. The molecule has 0 aliphatic rings. The molecule has 1 aromatic carbocycles. The number of aryl methyl sites for hydroxylation is 1. The van der Waals surface area contributed by atoms with Gasteiger partial charge < -0.3 is 14.9 Å². The number of nitrogens with one attached hydrogen (secondary N) is 1. The molecule has 0 bridgehead atoms. The maximum Gasteiger partial charge on any atom is 0.328 e. The fraction of sp³-hybridized carbons (Fsp3) is 0.0714. The molecule has 108 valence electrons. The summed E-state index contributed by atoms with van der Waals surface area (Å²) in [5.74, 6) is -2.29. The fourth-order valence-electron chi connectivity index (χ4n) is 1.57. The molecule has 1 aromatic heterocycles. The number of hydrogen-bond acceptors (Lipinski definition) is 4. The van der Waals surface area contributed by atoms with Crippen molar-refractivity contribution in [1.29, 1.82) is 0 Å². The molecule has 0 spiro atoms. The molecule has 0 atom stereocenters. The smallest absolute Gasteiger partial charge is 0.328 e. The van der Waals surface area contributed by atoms with Crippen molar-refractivity contribution < 1.29 is 23.6 Å². The van der Waals surface area contributed by atoms with Gasteiger partial charge in [-0.2, -0.15) is 0 Å². The lowest BCUT2D eigenvalue weighted by molar-refractivity contribution is -0.131. The van der Waals surface area contributed by atoms with Crippen molar-refractivity contribution >= 4 is 23.6 Å². The van der Waals surface area contributed by atoms with Gasteiger partial charge in [0.15, 0.2) is 0 Å². The second-order valence-corrected chi connectivity index (χ2v) is 4.19. The molecule has 0 saturated heterocycles. The fourth-order valence-corrected chi connectivity index (χ4v) is 1.57. The Hall–Kier alpha value is -2.96. The molecule has 0 aliphatic heterocycles. The third kappa shape index (κ3) is 3.75. The predicted octanol–water partition coefficient (Wildman–Crippen LogP) is 2.47. The normalized spacial score (nSPS) is 10.8. The minimum absolute atomic E-state index is 0.0273. The molecule has 0 fully saturated rings. The first-order valence-electron chi connectivity index (χ1n) is 5.91. The molecule has 0 aliphatic carbocycles. The maximum absolute atomic E-state index is 13.5. The molecule has 0 unspecified atom stereocenters. The first kappa shape index (κ1) is 14.4. The van der Waals surface area contributed by atoms with E-state index in [-0.39, 0.29) is 11.3 Å². The van der Waals surface area contributed by atoms with Crippen molar-refractivity contribution in [3.63, 3.8) is 0 Å². The number of carbonyl (C=O) groups excluding carboxylic acids is 1. The number of amides is 1. The average Bonchev–Trinajstić information content (AvgIpc) is 2.86. The number of rotatable bonds is 4. The Labute approximate surface area is 118 Å². The molecule has 0 saturated carbocycles. The number of benzene rings is 1. The molecule has 2 aromatic rings. The zero-order valence-corrected chi connectivity index (χ0v) is 11.0. The number of aromatic nitrogens is 1. The summed E-state index contributed by atoms with van der Waals surface area (Å²) in [6.07, 6.45) is 1.91. The van der Waals surface area contributed by atoms with Gasteiger partial charge in [0.2, 0.25) is 5.76 Å². The van der Waals surface area contributed by atoms with Gasteiger partial charge in [0, 0.05) is 23.4 Å². The van der Waals surface area contributed by atoms with Gasteiger partial charge in [0.1, 0.15) is 5.82 Å². The van der Waals surface area contributed by atoms with Crippen LogP contribution in [-0.2, 0) is 4.79 Å². The Morgan fingerprint density at radius 2 is 2.14 bits per heavy atom. The minimum atomic E-state index is -1.19. The predicted molar refractivity (Wildman–Crippen MR) is 72.3 cm³/mol. The number of carbonyl (C=O) groups is 2. The third-order valence-corrected chi connectivity index (χ3v) is 2.51. The molecule has 1 amide bonds. The lowest BCUT2D eigenvalue weighted by Gasteiger charge is -2.04. The number of carboxylic acid groups (broad SMARTS) is 1. The topological polar surface area (TPSA) is 92.4 Å². The number of anilines is 1. The SMILES string of the molecule is Cc1cc(C(=O)Nc2ccc(F)c(/C=C/C(=O)O)c2)on1. The van der Waals surface area contributed by atoms with Crippen LogP contribution in [0.15, 0.2) is 34.9 Å². The molecule has 7 heteroatoms. The van der Waals surface area contributed by atoms with Crippen LogP contribution >= 0.6 is 0 Å². The standard InChI is InChI=1S/C14H11FN2O4/c1-8-6-12(21-17-8)14(20)16-10-3-4-11(15)9(7-10)2-5-13(18)19/h2-7H,1H3,(H,16,20)(H,18,19)/b5-2+. The van der Waals surface area contributed by atoms with Gasteiger partial charge in [-0.3, -0.25) is 4.79 Å². The van der Waals surface area contributed by atoms with E-state index in [1.165, 1.54) is 18.2 Å². The number of aliphatic carboxylic acids is 1. The van der Waals surface area contributed by atoms with Gasteiger partial charge in [-0.25, -0.2) is 9.18 Å². The van der Waals surface area contributed by atoms with Crippen LogP contribution < -0.4 is 5.32 Å². The van der Waals surface area contributed by atoms with Gasteiger partial charge in [0.25, 0.3) is 5.91 Å². The summed E-state index contributed by atoms with van der Waals surface area (Å²) in [4.78, 5) is 22.3.